The summed E-state index contributed by atoms with van der Waals surface area (Å²) in [4.78, 5) is 14.1. The van der Waals surface area contributed by atoms with Gasteiger partial charge in [-0.05, 0) is 31.2 Å². The number of likely N-dealkylation sites (tertiary alicyclic amines) is 1. The van der Waals surface area contributed by atoms with Crippen molar-refractivity contribution in [1.82, 2.24) is 19.9 Å². The molecule has 0 spiro atoms. The van der Waals surface area contributed by atoms with E-state index in [1.54, 1.807) is 23.0 Å². The molecule has 1 saturated heterocycles. The predicted octanol–water partition coefficient (Wildman–Crippen LogP) is 1.80. The molecule has 1 aromatic heterocycles. The molecule has 0 unspecified atom stereocenters. The minimum absolute atomic E-state index is 0.0372. The first-order chi connectivity index (χ1) is 11.1. The molecule has 0 radical (unpaired) electrons. The highest BCUT2D eigenvalue weighted by atomic mass is 19.1. The van der Waals surface area contributed by atoms with Crippen LogP contribution in [0.25, 0.3) is 0 Å². The van der Waals surface area contributed by atoms with E-state index < -0.39 is 0 Å². The summed E-state index contributed by atoms with van der Waals surface area (Å²) in [5.41, 5.74) is 0.796. The number of benzene rings is 1. The van der Waals surface area contributed by atoms with Crippen LogP contribution in [0, 0.1) is 12.7 Å². The van der Waals surface area contributed by atoms with Gasteiger partial charge in [0.05, 0.1) is 5.69 Å². The second kappa shape index (κ2) is 6.76. The molecule has 0 saturated carbocycles. The molecule has 6 nitrogen and oxygen atoms in total. The average Bonchev–Trinajstić information content (AvgIpc) is 2.95. The lowest BCUT2D eigenvalue weighted by Gasteiger charge is -2.32. The van der Waals surface area contributed by atoms with Crippen molar-refractivity contribution in [1.29, 1.82) is 0 Å². The normalized spacial score (nSPS) is 15.7. The second-order valence-corrected chi connectivity index (χ2v) is 5.71. The Kier molecular flexibility index (Phi) is 4.55. The molecule has 2 aromatic rings. The zero-order valence-corrected chi connectivity index (χ0v) is 13.0. The minimum atomic E-state index is -0.277. The molecule has 23 heavy (non-hydrogen) atoms. The van der Waals surface area contributed by atoms with E-state index in [9.17, 15) is 9.18 Å². The van der Waals surface area contributed by atoms with Gasteiger partial charge in [0.1, 0.15) is 24.2 Å². The van der Waals surface area contributed by atoms with Crippen LogP contribution in [0.5, 0.6) is 5.75 Å². The third kappa shape index (κ3) is 4.06. The number of carbonyl (C=O) groups excluding carboxylic acids is 1. The maximum atomic E-state index is 12.9. The highest BCUT2D eigenvalue weighted by molar-refractivity contribution is 5.76. The van der Waals surface area contributed by atoms with Crippen LogP contribution in [0.1, 0.15) is 18.5 Å². The lowest BCUT2D eigenvalue weighted by atomic mass is 10.1. The molecule has 1 aromatic carbocycles. The fourth-order valence-electron chi connectivity index (χ4n) is 2.64. The zero-order valence-electron chi connectivity index (χ0n) is 13.0. The number of piperidine rings is 1. The van der Waals surface area contributed by atoms with Gasteiger partial charge < -0.3 is 9.64 Å². The van der Waals surface area contributed by atoms with Crippen LogP contribution < -0.4 is 4.74 Å². The van der Waals surface area contributed by atoms with Crippen molar-refractivity contribution in [3.8, 4) is 5.75 Å². The van der Waals surface area contributed by atoms with Crippen LogP contribution in [0.15, 0.2) is 30.5 Å². The van der Waals surface area contributed by atoms with Gasteiger partial charge in [-0.2, -0.15) is 0 Å². The van der Waals surface area contributed by atoms with Crippen molar-refractivity contribution >= 4 is 5.91 Å². The van der Waals surface area contributed by atoms with Gasteiger partial charge in [0.25, 0.3) is 0 Å². The molecule has 1 aliphatic heterocycles. The van der Waals surface area contributed by atoms with E-state index in [4.69, 9.17) is 4.74 Å². The number of rotatable bonds is 4. The smallest absolute Gasteiger partial charge is 0.244 e. The van der Waals surface area contributed by atoms with E-state index in [-0.39, 0.29) is 24.4 Å². The van der Waals surface area contributed by atoms with E-state index >= 15 is 0 Å². The number of aryl methyl sites for hydroxylation is 1. The maximum Gasteiger partial charge on any atom is 0.244 e. The number of hydrogen-bond donors (Lipinski definition) is 0. The molecule has 0 bridgehead atoms. The highest BCUT2D eigenvalue weighted by Crippen LogP contribution is 2.19. The van der Waals surface area contributed by atoms with Crippen molar-refractivity contribution in [2.24, 2.45) is 0 Å². The van der Waals surface area contributed by atoms with Gasteiger partial charge in [0.15, 0.2) is 0 Å². The first-order valence-electron chi connectivity index (χ1n) is 7.67. The summed E-state index contributed by atoms with van der Waals surface area (Å²) in [7, 11) is 0. The number of ether oxygens (including phenoxy) is 1. The van der Waals surface area contributed by atoms with Crippen molar-refractivity contribution < 1.29 is 13.9 Å². The SMILES string of the molecule is Cc1cn(CC(=O)N2CCC(Oc3ccc(F)cc3)CC2)nn1. The Morgan fingerprint density at radius 2 is 2.00 bits per heavy atom. The molecular formula is C16H19FN4O2. The molecule has 1 aliphatic rings. The summed E-state index contributed by atoms with van der Waals surface area (Å²) >= 11 is 0. The summed E-state index contributed by atoms with van der Waals surface area (Å²) in [5.74, 6) is 0.422. The van der Waals surface area contributed by atoms with E-state index in [0.29, 0.717) is 18.8 Å². The summed E-state index contributed by atoms with van der Waals surface area (Å²) < 4.78 is 20.3. The lowest BCUT2D eigenvalue weighted by Crippen LogP contribution is -2.43. The van der Waals surface area contributed by atoms with E-state index in [2.05, 4.69) is 10.3 Å². The maximum absolute atomic E-state index is 12.9. The van der Waals surface area contributed by atoms with Crippen LogP contribution in [0.3, 0.4) is 0 Å². The summed E-state index contributed by atoms with van der Waals surface area (Å²) in [6.45, 7) is 3.35. The quantitative estimate of drug-likeness (QED) is 0.862. The molecule has 0 N–H and O–H groups in total. The fraction of sp³-hybridized carbons (Fsp3) is 0.438. The number of aromatic nitrogens is 3. The van der Waals surface area contributed by atoms with Gasteiger partial charge in [-0.1, -0.05) is 5.21 Å². The zero-order chi connectivity index (χ0) is 16.2. The molecule has 1 fully saturated rings. The largest absolute Gasteiger partial charge is 0.490 e. The first kappa shape index (κ1) is 15.5. The van der Waals surface area contributed by atoms with E-state index in [1.807, 2.05) is 11.8 Å². The van der Waals surface area contributed by atoms with Crippen LogP contribution in [-0.2, 0) is 11.3 Å². The van der Waals surface area contributed by atoms with Gasteiger partial charge in [-0.25, -0.2) is 9.07 Å². The van der Waals surface area contributed by atoms with E-state index in [1.165, 1.54) is 12.1 Å². The molecular weight excluding hydrogens is 299 g/mol. The molecule has 122 valence electrons. The van der Waals surface area contributed by atoms with Gasteiger partial charge >= 0.3 is 0 Å². The Labute approximate surface area is 133 Å². The Balaban J connectivity index is 1.48. The molecule has 3 rings (SSSR count). The van der Waals surface area contributed by atoms with Gasteiger partial charge in [0.2, 0.25) is 5.91 Å². The van der Waals surface area contributed by atoms with Crippen molar-refractivity contribution in [2.45, 2.75) is 32.4 Å². The molecule has 1 amide bonds. The third-order valence-corrected chi connectivity index (χ3v) is 3.86. The first-order valence-corrected chi connectivity index (χ1v) is 7.67. The summed E-state index contributed by atoms with van der Waals surface area (Å²) in [6, 6.07) is 6.02. The average molecular weight is 318 g/mol. The number of hydrogen-bond acceptors (Lipinski definition) is 4. The monoisotopic (exact) mass is 318 g/mol. The van der Waals surface area contributed by atoms with Crippen LogP contribution in [0.2, 0.25) is 0 Å². The lowest BCUT2D eigenvalue weighted by molar-refractivity contribution is -0.133. The number of amides is 1. The van der Waals surface area contributed by atoms with Gasteiger partial charge in [-0.15, -0.1) is 5.10 Å². The topological polar surface area (TPSA) is 60.2 Å². The number of nitrogens with zero attached hydrogens (tertiary/aromatic N) is 4. The fourth-order valence-corrected chi connectivity index (χ4v) is 2.64. The molecule has 2 heterocycles. The van der Waals surface area contributed by atoms with Gasteiger partial charge in [0, 0.05) is 32.1 Å². The third-order valence-electron chi connectivity index (χ3n) is 3.86. The predicted molar refractivity (Wildman–Crippen MR) is 81.4 cm³/mol. The standard InChI is InChI=1S/C16H19FN4O2/c1-12-10-21(19-18-12)11-16(22)20-8-6-15(7-9-20)23-14-4-2-13(17)3-5-14/h2-5,10,15H,6-9,11H2,1H3. The van der Waals surface area contributed by atoms with Gasteiger partial charge in [-0.3, -0.25) is 4.79 Å². The number of halogens is 1. The Bertz CT molecular complexity index is 663. The van der Waals surface area contributed by atoms with E-state index in [0.717, 1.165) is 18.5 Å². The Hall–Kier alpha value is -2.44. The van der Waals surface area contributed by atoms with Crippen LogP contribution in [-0.4, -0.2) is 45.0 Å². The van der Waals surface area contributed by atoms with Crippen LogP contribution in [0.4, 0.5) is 4.39 Å². The second-order valence-electron chi connectivity index (χ2n) is 5.71. The van der Waals surface area contributed by atoms with Crippen molar-refractivity contribution in [3.05, 3.63) is 42.0 Å². The summed E-state index contributed by atoms with van der Waals surface area (Å²) in [5, 5.41) is 7.77. The van der Waals surface area contributed by atoms with Crippen molar-refractivity contribution in [3.63, 3.8) is 0 Å². The van der Waals surface area contributed by atoms with Crippen molar-refractivity contribution in [2.75, 3.05) is 13.1 Å². The van der Waals surface area contributed by atoms with Crippen LogP contribution >= 0.6 is 0 Å². The molecule has 0 atom stereocenters. The highest BCUT2D eigenvalue weighted by Gasteiger charge is 2.24. The molecule has 0 aliphatic carbocycles. The summed E-state index contributed by atoms with van der Waals surface area (Å²) in [6.07, 6.45) is 3.33. The molecule has 7 heteroatoms. The Morgan fingerprint density at radius 1 is 1.30 bits per heavy atom. The minimum Gasteiger partial charge on any atom is -0.490 e. The number of carbonyl (C=O) groups is 1. The Morgan fingerprint density at radius 3 is 2.61 bits per heavy atom.